The quantitative estimate of drug-likeness (QED) is 0.661. The van der Waals surface area contributed by atoms with E-state index in [1.165, 1.54) is 6.07 Å². The lowest BCUT2D eigenvalue weighted by Gasteiger charge is -2.17. The number of rotatable bonds is 4. The number of hydrogen-bond donors (Lipinski definition) is 1. The number of nitrogen functional groups attached to an aromatic ring is 1. The maximum atomic E-state index is 10.7. The molecule has 7 heteroatoms. The predicted octanol–water partition coefficient (Wildman–Crippen LogP) is 1.60. The Labute approximate surface area is 109 Å². The van der Waals surface area contributed by atoms with Crippen molar-refractivity contribution in [1.29, 1.82) is 0 Å². The summed E-state index contributed by atoms with van der Waals surface area (Å²) in [4.78, 5) is 20.2. The number of hydrogen-bond acceptors (Lipinski definition) is 6. The van der Waals surface area contributed by atoms with Crippen LogP contribution in [0.15, 0.2) is 36.5 Å². The molecule has 0 saturated heterocycles. The summed E-state index contributed by atoms with van der Waals surface area (Å²) in [5.41, 5.74) is 6.25. The van der Waals surface area contributed by atoms with E-state index in [-0.39, 0.29) is 11.5 Å². The average molecular weight is 259 g/mol. The van der Waals surface area contributed by atoms with Crippen LogP contribution in [0.2, 0.25) is 0 Å². The van der Waals surface area contributed by atoms with Gasteiger partial charge >= 0.3 is 5.69 Å². The van der Waals surface area contributed by atoms with Crippen LogP contribution in [0.1, 0.15) is 5.69 Å². The fraction of sp³-hybridized carbons (Fsp3) is 0.167. The van der Waals surface area contributed by atoms with Gasteiger partial charge in [0.05, 0.1) is 17.2 Å². The highest BCUT2D eigenvalue weighted by Gasteiger charge is 2.14. The Balaban J connectivity index is 2.18. The van der Waals surface area contributed by atoms with Gasteiger partial charge in [0.25, 0.3) is 0 Å². The highest BCUT2D eigenvalue weighted by atomic mass is 16.6. The van der Waals surface area contributed by atoms with Crippen molar-refractivity contribution in [2.45, 2.75) is 6.54 Å². The van der Waals surface area contributed by atoms with Gasteiger partial charge in [-0.05, 0) is 18.2 Å². The molecule has 0 aliphatic rings. The summed E-state index contributed by atoms with van der Waals surface area (Å²) in [5, 5.41) is 10.7. The summed E-state index contributed by atoms with van der Waals surface area (Å²) in [6.07, 6.45) is 1.71. The van der Waals surface area contributed by atoms with E-state index >= 15 is 0 Å². The molecule has 0 bridgehead atoms. The lowest BCUT2D eigenvalue weighted by atomic mass is 10.3. The SMILES string of the molecule is CN(Cc1ccccn1)c1ccc([N+](=O)[O-])c(N)n1. The van der Waals surface area contributed by atoms with E-state index in [1.807, 2.05) is 30.1 Å². The lowest BCUT2D eigenvalue weighted by molar-refractivity contribution is -0.384. The molecule has 0 spiro atoms. The van der Waals surface area contributed by atoms with Gasteiger partial charge in [-0.25, -0.2) is 4.98 Å². The summed E-state index contributed by atoms with van der Waals surface area (Å²) in [7, 11) is 1.82. The Hall–Kier alpha value is -2.70. The van der Waals surface area contributed by atoms with Crippen LogP contribution < -0.4 is 10.6 Å². The van der Waals surface area contributed by atoms with Gasteiger partial charge in [-0.15, -0.1) is 0 Å². The molecule has 0 atom stereocenters. The number of pyridine rings is 2. The van der Waals surface area contributed by atoms with Crippen LogP contribution in [0.5, 0.6) is 0 Å². The molecule has 0 fully saturated rings. The van der Waals surface area contributed by atoms with Crippen molar-refractivity contribution in [3.05, 3.63) is 52.3 Å². The summed E-state index contributed by atoms with van der Waals surface area (Å²) in [6.45, 7) is 0.547. The zero-order chi connectivity index (χ0) is 13.8. The molecule has 19 heavy (non-hydrogen) atoms. The Morgan fingerprint density at radius 1 is 1.37 bits per heavy atom. The van der Waals surface area contributed by atoms with Crippen LogP contribution in [0.3, 0.4) is 0 Å². The Morgan fingerprint density at radius 2 is 2.16 bits per heavy atom. The second-order valence-electron chi connectivity index (χ2n) is 4.01. The van der Waals surface area contributed by atoms with Crippen LogP contribution in [0.4, 0.5) is 17.3 Å². The minimum atomic E-state index is -0.551. The first kappa shape index (κ1) is 12.7. The van der Waals surface area contributed by atoms with Crippen molar-refractivity contribution in [3.8, 4) is 0 Å². The highest BCUT2D eigenvalue weighted by Crippen LogP contribution is 2.22. The van der Waals surface area contributed by atoms with Crippen molar-refractivity contribution in [3.63, 3.8) is 0 Å². The van der Waals surface area contributed by atoms with Crippen LogP contribution in [-0.4, -0.2) is 21.9 Å². The molecule has 2 aromatic rings. The van der Waals surface area contributed by atoms with Crippen LogP contribution >= 0.6 is 0 Å². The van der Waals surface area contributed by atoms with Gasteiger partial charge in [0, 0.05) is 19.3 Å². The maximum Gasteiger partial charge on any atom is 0.311 e. The van der Waals surface area contributed by atoms with Crippen molar-refractivity contribution in [1.82, 2.24) is 9.97 Å². The number of nitro groups is 1. The van der Waals surface area contributed by atoms with Crippen LogP contribution in [-0.2, 0) is 6.54 Å². The molecule has 2 N–H and O–H groups in total. The van der Waals surface area contributed by atoms with E-state index in [0.29, 0.717) is 12.4 Å². The zero-order valence-electron chi connectivity index (χ0n) is 10.4. The lowest BCUT2D eigenvalue weighted by Crippen LogP contribution is -2.19. The minimum Gasteiger partial charge on any atom is -0.378 e. The smallest absolute Gasteiger partial charge is 0.311 e. The Morgan fingerprint density at radius 3 is 2.74 bits per heavy atom. The Bertz CT molecular complexity index is 588. The van der Waals surface area contributed by atoms with E-state index in [4.69, 9.17) is 5.73 Å². The molecular formula is C12H13N5O2. The summed E-state index contributed by atoms with van der Waals surface area (Å²) in [6, 6.07) is 8.55. The van der Waals surface area contributed by atoms with Crippen LogP contribution in [0.25, 0.3) is 0 Å². The highest BCUT2D eigenvalue weighted by molar-refractivity contribution is 5.57. The normalized spacial score (nSPS) is 10.2. The van der Waals surface area contributed by atoms with Gasteiger partial charge in [0.1, 0.15) is 5.82 Å². The number of anilines is 2. The molecule has 2 heterocycles. The van der Waals surface area contributed by atoms with E-state index in [1.54, 1.807) is 12.3 Å². The molecule has 2 aromatic heterocycles. The van der Waals surface area contributed by atoms with E-state index in [9.17, 15) is 10.1 Å². The van der Waals surface area contributed by atoms with Gasteiger partial charge in [-0.1, -0.05) is 6.07 Å². The Kier molecular flexibility index (Phi) is 3.56. The van der Waals surface area contributed by atoms with E-state index in [2.05, 4.69) is 9.97 Å². The minimum absolute atomic E-state index is 0.0876. The van der Waals surface area contributed by atoms with E-state index in [0.717, 1.165) is 5.69 Å². The molecule has 0 amide bonds. The van der Waals surface area contributed by atoms with Gasteiger partial charge in [0.2, 0.25) is 5.82 Å². The molecule has 0 radical (unpaired) electrons. The van der Waals surface area contributed by atoms with Gasteiger partial charge in [0.15, 0.2) is 0 Å². The molecule has 0 unspecified atom stereocenters. The van der Waals surface area contributed by atoms with Crippen LogP contribution in [0, 0.1) is 10.1 Å². The third-order valence-electron chi connectivity index (χ3n) is 2.60. The molecule has 0 saturated carbocycles. The molecular weight excluding hydrogens is 246 g/mol. The third kappa shape index (κ3) is 2.95. The van der Waals surface area contributed by atoms with Crippen molar-refractivity contribution < 1.29 is 4.92 Å². The number of aromatic nitrogens is 2. The summed E-state index contributed by atoms with van der Waals surface area (Å²) < 4.78 is 0. The number of nitrogens with two attached hydrogens (primary N) is 1. The fourth-order valence-electron chi connectivity index (χ4n) is 1.64. The van der Waals surface area contributed by atoms with Gasteiger partial charge in [-0.2, -0.15) is 0 Å². The monoisotopic (exact) mass is 259 g/mol. The zero-order valence-corrected chi connectivity index (χ0v) is 10.4. The predicted molar refractivity (Wildman–Crippen MR) is 71.6 cm³/mol. The standard InChI is InChI=1S/C12H13N5O2/c1-16(8-9-4-2-3-7-14-9)11-6-5-10(17(18)19)12(13)15-11/h2-7H,8H2,1H3,(H2,13,15). The largest absolute Gasteiger partial charge is 0.378 e. The molecule has 0 aliphatic heterocycles. The van der Waals surface area contributed by atoms with Gasteiger partial charge in [-0.3, -0.25) is 15.1 Å². The maximum absolute atomic E-state index is 10.7. The fourth-order valence-corrected chi connectivity index (χ4v) is 1.64. The van der Waals surface area contributed by atoms with Gasteiger partial charge < -0.3 is 10.6 Å². The summed E-state index contributed by atoms with van der Waals surface area (Å²) in [5.74, 6) is 0.476. The molecule has 98 valence electrons. The van der Waals surface area contributed by atoms with E-state index < -0.39 is 4.92 Å². The first-order valence-electron chi connectivity index (χ1n) is 5.60. The topological polar surface area (TPSA) is 98.2 Å². The molecule has 0 aromatic carbocycles. The third-order valence-corrected chi connectivity index (χ3v) is 2.60. The molecule has 7 nitrogen and oxygen atoms in total. The van der Waals surface area contributed by atoms with Crippen molar-refractivity contribution in [2.75, 3.05) is 17.7 Å². The molecule has 0 aliphatic carbocycles. The first-order valence-corrected chi connectivity index (χ1v) is 5.60. The summed E-state index contributed by atoms with van der Waals surface area (Å²) >= 11 is 0. The molecule has 2 rings (SSSR count). The average Bonchev–Trinajstić information content (AvgIpc) is 2.39. The van der Waals surface area contributed by atoms with Crippen molar-refractivity contribution in [2.24, 2.45) is 0 Å². The number of nitrogens with zero attached hydrogens (tertiary/aromatic N) is 4. The second-order valence-corrected chi connectivity index (χ2v) is 4.01. The second kappa shape index (κ2) is 5.30. The van der Waals surface area contributed by atoms with Crippen molar-refractivity contribution >= 4 is 17.3 Å². The first-order chi connectivity index (χ1) is 9.08.